The molecule has 2 N–H and O–H groups in total. The Morgan fingerprint density at radius 2 is 1.81 bits per heavy atom. The zero-order chi connectivity index (χ0) is 21.8. The lowest BCUT2D eigenvalue weighted by Gasteiger charge is -2.22. The topological polar surface area (TPSA) is 83.0 Å². The third-order valence-corrected chi connectivity index (χ3v) is 7.41. The maximum atomic E-state index is 12.3. The van der Waals surface area contributed by atoms with Gasteiger partial charge in [0.05, 0.1) is 12.0 Å². The number of benzene rings is 2. The van der Waals surface area contributed by atoms with Crippen molar-refractivity contribution in [3.63, 3.8) is 0 Å². The molecule has 0 radical (unpaired) electrons. The van der Waals surface area contributed by atoms with Crippen LogP contribution in [0.1, 0.15) is 36.3 Å². The van der Waals surface area contributed by atoms with E-state index in [-0.39, 0.29) is 6.04 Å². The summed E-state index contributed by atoms with van der Waals surface area (Å²) in [5, 5.41) is 3.41. The predicted molar refractivity (Wildman–Crippen MR) is 122 cm³/mol. The molecule has 4 rings (SSSR count). The first-order valence-electron chi connectivity index (χ1n) is 10.7. The Morgan fingerprint density at radius 3 is 2.42 bits per heavy atom. The van der Waals surface area contributed by atoms with Crippen LogP contribution < -0.4 is 14.8 Å². The molecule has 1 aliphatic heterocycles. The van der Waals surface area contributed by atoms with Crippen LogP contribution in [-0.4, -0.2) is 52.6 Å². The predicted octanol–water partition coefficient (Wildman–Crippen LogP) is 2.70. The maximum Gasteiger partial charge on any atom is 0.240 e. The van der Waals surface area contributed by atoms with Crippen molar-refractivity contribution >= 4 is 16.0 Å². The molecule has 2 fully saturated rings. The smallest absolute Gasteiger partial charge is 0.240 e. The highest BCUT2D eigenvalue weighted by atomic mass is 32.2. The normalized spacial score (nSPS) is 19.5. The highest BCUT2D eigenvalue weighted by Gasteiger charge is 2.28. The van der Waals surface area contributed by atoms with Gasteiger partial charge in [-0.15, -0.1) is 0 Å². The summed E-state index contributed by atoms with van der Waals surface area (Å²) in [6, 6.07) is 15.4. The summed E-state index contributed by atoms with van der Waals surface area (Å²) in [7, 11) is 0.0639. The van der Waals surface area contributed by atoms with E-state index in [0.717, 1.165) is 49.6 Å². The van der Waals surface area contributed by atoms with Crippen molar-refractivity contribution < 1.29 is 13.2 Å². The third-order valence-electron chi connectivity index (χ3n) is 5.87. The molecular formula is C23H30N4O3S. The zero-order valence-corrected chi connectivity index (χ0v) is 18.9. The van der Waals surface area contributed by atoms with Gasteiger partial charge in [0.15, 0.2) is 5.96 Å². The van der Waals surface area contributed by atoms with Crippen LogP contribution >= 0.6 is 0 Å². The molecule has 1 saturated heterocycles. The van der Waals surface area contributed by atoms with E-state index < -0.39 is 10.0 Å². The van der Waals surface area contributed by atoms with Gasteiger partial charge in [-0.2, -0.15) is 0 Å². The van der Waals surface area contributed by atoms with Gasteiger partial charge < -0.3 is 15.0 Å². The van der Waals surface area contributed by atoms with Gasteiger partial charge in [-0.25, -0.2) is 13.1 Å². The molecule has 1 unspecified atom stereocenters. The number of methoxy groups -OCH3 is 1. The maximum absolute atomic E-state index is 12.3. The molecule has 7 nitrogen and oxygen atoms in total. The van der Waals surface area contributed by atoms with Crippen LogP contribution in [0.4, 0.5) is 0 Å². The Kier molecular flexibility index (Phi) is 6.48. The van der Waals surface area contributed by atoms with Crippen LogP contribution in [0.15, 0.2) is 58.4 Å². The number of rotatable bonds is 7. The van der Waals surface area contributed by atoms with Crippen LogP contribution in [0.5, 0.6) is 5.75 Å². The molecule has 1 aliphatic carbocycles. The Hall–Kier alpha value is -2.58. The van der Waals surface area contributed by atoms with Gasteiger partial charge in [0.25, 0.3) is 0 Å². The highest BCUT2D eigenvalue weighted by molar-refractivity contribution is 7.89. The number of hydrogen-bond donors (Lipinski definition) is 2. The van der Waals surface area contributed by atoms with E-state index in [0.29, 0.717) is 17.4 Å². The second kappa shape index (κ2) is 9.28. The fourth-order valence-electron chi connectivity index (χ4n) is 3.89. The number of guanidine groups is 1. The average Bonchev–Trinajstić information content (AvgIpc) is 3.45. The Labute approximate surface area is 184 Å². The van der Waals surface area contributed by atoms with Gasteiger partial charge in [-0.05, 0) is 54.7 Å². The lowest BCUT2D eigenvalue weighted by Crippen LogP contribution is -2.39. The van der Waals surface area contributed by atoms with E-state index in [1.165, 1.54) is 5.56 Å². The van der Waals surface area contributed by atoms with E-state index in [9.17, 15) is 8.42 Å². The fourth-order valence-corrected chi connectivity index (χ4v) is 5.19. The molecule has 1 saturated carbocycles. The molecule has 0 spiro atoms. The van der Waals surface area contributed by atoms with Gasteiger partial charge in [-0.3, -0.25) is 4.99 Å². The van der Waals surface area contributed by atoms with Crippen molar-refractivity contribution in [1.29, 1.82) is 0 Å². The summed E-state index contributed by atoms with van der Waals surface area (Å²) in [4.78, 5) is 7.03. The lowest BCUT2D eigenvalue weighted by atomic mass is 9.98. The number of nitrogens with one attached hydrogen (secondary N) is 2. The molecule has 2 aromatic carbocycles. The van der Waals surface area contributed by atoms with Crippen molar-refractivity contribution in [2.75, 3.05) is 27.2 Å². The average molecular weight is 443 g/mol. The first kappa shape index (κ1) is 21.6. The van der Waals surface area contributed by atoms with Crippen LogP contribution in [0.25, 0.3) is 0 Å². The number of hydrogen-bond acceptors (Lipinski definition) is 4. The standard InChI is InChI=1S/C23H30N4O3S/c1-24-23(27-14-13-19(16-27)18-5-9-21(30-2)10-6-18)25-15-17-3-11-22(12-4-17)31(28,29)26-20-7-8-20/h3-6,9-12,19-20,26H,7-8,13-16H2,1-2H3,(H,24,25). The minimum absolute atomic E-state index is 0.108. The van der Waals surface area contributed by atoms with Crippen LogP contribution in [0.2, 0.25) is 0 Å². The van der Waals surface area contributed by atoms with Crippen molar-refractivity contribution in [2.45, 2.75) is 42.7 Å². The molecular weight excluding hydrogens is 412 g/mol. The fraction of sp³-hybridized carbons (Fsp3) is 0.435. The summed E-state index contributed by atoms with van der Waals surface area (Å²) in [6.07, 6.45) is 2.93. The van der Waals surface area contributed by atoms with Crippen LogP contribution in [-0.2, 0) is 16.6 Å². The summed E-state index contributed by atoms with van der Waals surface area (Å²) < 4.78 is 32.6. The van der Waals surface area contributed by atoms with Gasteiger partial charge in [0.1, 0.15) is 5.75 Å². The second-order valence-corrected chi connectivity index (χ2v) is 9.86. The second-order valence-electron chi connectivity index (χ2n) is 8.15. The molecule has 1 heterocycles. The van der Waals surface area contributed by atoms with Crippen molar-refractivity contribution in [2.24, 2.45) is 4.99 Å². The summed E-state index contributed by atoms with van der Waals surface area (Å²) in [5.74, 6) is 2.20. The van der Waals surface area contributed by atoms with Gasteiger partial charge >= 0.3 is 0 Å². The number of ether oxygens (including phenoxy) is 1. The van der Waals surface area contributed by atoms with Gasteiger partial charge in [-0.1, -0.05) is 24.3 Å². The first-order valence-corrected chi connectivity index (χ1v) is 12.2. The molecule has 8 heteroatoms. The quantitative estimate of drug-likeness (QED) is 0.509. The van der Waals surface area contributed by atoms with E-state index in [1.807, 2.05) is 24.3 Å². The van der Waals surface area contributed by atoms with Crippen molar-refractivity contribution in [1.82, 2.24) is 14.9 Å². The number of aliphatic imine (C=N–C) groups is 1. The van der Waals surface area contributed by atoms with Gasteiger partial charge in [0.2, 0.25) is 10.0 Å². The highest BCUT2D eigenvalue weighted by Crippen LogP contribution is 2.28. The van der Waals surface area contributed by atoms with E-state index in [1.54, 1.807) is 26.3 Å². The third kappa shape index (κ3) is 5.37. The molecule has 2 aromatic rings. The molecule has 0 amide bonds. The van der Waals surface area contributed by atoms with Crippen molar-refractivity contribution in [3.8, 4) is 5.75 Å². The lowest BCUT2D eigenvalue weighted by molar-refractivity contribution is 0.414. The van der Waals surface area contributed by atoms with E-state index >= 15 is 0 Å². The Bertz CT molecular complexity index is 1020. The molecule has 31 heavy (non-hydrogen) atoms. The Balaban J connectivity index is 1.32. The molecule has 1 atom stereocenters. The summed E-state index contributed by atoms with van der Waals surface area (Å²) >= 11 is 0. The van der Waals surface area contributed by atoms with Crippen LogP contribution in [0.3, 0.4) is 0 Å². The molecule has 166 valence electrons. The minimum atomic E-state index is -3.41. The monoisotopic (exact) mass is 442 g/mol. The van der Waals surface area contributed by atoms with Gasteiger partial charge in [0, 0.05) is 38.6 Å². The molecule has 2 aliphatic rings. The number of nitrogens with zero attached hydrogens (tertiary/aromatic N) is 2. The number of likely N-dealkylation sites (tertiary alicyclic amines) is 1. The number of sulfonamides is 1. The Morgan fingerprint density at radius 1 is 1.10 bits per heavy atom. The SMILES string of the molecule is CN=C(NCc1ccc(S(=O)(=O)NC2CC2)cc1)N1CCC(c2ccc(OC)cc2)C1. The zero-order valence-electron chi connectivity index (χ0n) is 18.0. The van der Waals surface area contributed by atoms with E-state index in [4.69, 9.17) is 4.74 Å². The summed E-state index contributed by atoms with van der Waals surface area (Å²) in [5.41, 5.74) is 2.33. The summed E-state index contributed by atoms with van der Waals surface area (Å²) in [6.45, 7) is 2.45. The minimum Gasteiger partial charge on any atom is -0.497 e. The van der Waals surface area contributed by atoms with Crippen molar-refractivity contribution in [3.05, 3.63) is 59.7 Å². The van der Waals surface area contributed by atoms with E-state index in [2.05, 4.69) is 32.1 Å². The van der Waals surface area contributed by atoms with Crippen LogP contribution in [0, 0.1) is 0 Å². The first-order chi connectivity index (χ1) is 15.0. The molecule has 0 bridgehead atoms. The largest absolute Gasteiger partial charge is 0.497 e. The molecule has 0 aromatic heterocycles.